The summed E-state index contributed by atoms with van der Waals surface area (Å²) in [6.45, 7) is 8.35. The molecule has 0 aliphatic rings. The Morgan fingerprint density at radius 3 is 2.11 bits per heavy atom. The number of nitrogens with two attached hydrogens (primary N) is 1. The molecular weight excluding hydrogens is 380 g/mol. The Balaban J connectivity index is 1.89. The Kier molecular flexibility index (Phi) is 6.72. The summed E-state index contributed by atoms with van der Waals surface area (Å²) >= 11 is 1.48. The van der Waals surface area contributed by atoms with Crippen molar-refractivity contribution in [3.63, 3.8) is 0 Å². The van der Waals surface area contributed by atoms with Crippen LogP contribution in [0.4, 0.5) is 0 Å². The van der Waals surface area contributed by atoms with Gasteiger partial charge in [-0.3, -0.25) is 4.79 Å². The summed E-state index contributed by atoms with van der Waals surface area (Å²) in [5, 5.41) is 8.01. The number of carbonyl (C=O) groups excluding carboxylic acids is 1. The van der Waals surface area contributed by atoms with Gasteiger partial charge in [0.05, 0.1) is 16.7 Å². The summed E-state index contributed by atoms with van der Waals surface area (Å²) in [5.74, 6) is 0.233. The maximum atomic E-state index is 12.2. The molecule has 2 rings (SSSR count). The second-order valence-electron chi connectivity index (χ2n) is 7.47. The highest BCUT2D eigenvalue weighted by Gasteiger charge is 2.14. The first-order chi connectivity index (χ1) is 12.5. The molecule has 1 atom stereocenters. The van der Waals surface area contributed by atoms with Crippen molar-refractivity contribution in [2.75, 3.05) is 5.75 Å². The molecule has 0 aromatic heterocycles. The predicted molar refractivity (Wildman–Crippen MR) is 110 cm³/mol. The van der Waals surface area contributed by atoms with E-state index >= 15 is 0 Å². The zero-order chi connectivity index (χ0) is 20.2. The van der Waals surface area contributed by atoms with Crippen LogP contribution in [0.2, 0.25) is 0 Å². The minimum Gasteiger partial charge on any atom is -0.349 e. The zero-order valence-electron chi connectivity index (χ0n) is 16.0. The van der Waals surface area contributed by atoms with Crippen LogP contribution in [0.1, 0.15) is 44.9 Å². The summed E-state index contributed by atoms with van der Waals surface area (Å²) < 4.78 is 22.6. The summed E-state index contributed by atoms with van der Waals surface area (Å²) in [4.78, 5) is 13.3. The molecule has 5 nitrogen and oxygen atoms in total. The Morgan fingerprint density at radius 2 is 1.63 bits per heavy atom. The molecule has 0 radical (unpaired) electrons. The summed E-state index contributed by atoms with van der Waals surface area (Å²) in [7, 11) is -3.71. The number of amides is 1. The van der Waals surface area contributed by atoms with Gasteiger partial charge in [0.1, 0.15) is 0 Å². The lowest BCUT2D eigenvalue weighted by Gasteiger charge is -2.19. The molecule has 0 aliphatic carbocycles. The van der Waals surface area contributed by atoms with Gasteiger partial charge in [0, 0.05) is 4.90 Å². The fourth-order valence-corrected chi connectivity index (χ4v) is 3.74. The van der Waals surface area contributed by atoms with E-state index < -0.39 is 10.0 Å². The minimum absolute atomic E-state index is 0.0547. The normalized spacial score (nSPS) is 13.2. The molecular formula is C20H26N2O3S2. The molecule has 0 bridgehead atoms. The highest BCUT2D eigenvalue weighted by Crippen LogP contribution is 2.25. The third-order valence-electron chi connectivity index (χ3n) is 4.18. The van der Waals surface area contributed by atoms with Crippen molar-refractivity contribution in [2.24, 2.45) is 5.14 Å². The highest BCUT2D eigenvalue weighted by molar-refractivity contribution is 8.00. The lowest BCUT2D eigenvalue weighted by molar-refractivity contribution is -0.119. The number of hydrogen-bond donors (Lipinski definition) is 2. The van der Waals surface area contributed by atoms with Crippen LogP contribution in [-0.4, -0.2) is 20.1 Å². The number of nitrogens with one attached hydrogen (secondary N) is 1. The first kappa shape index (κ1) is 21.5. The van der Waals surface area contributed by atoms with E-state index in [9.17, 15) is 13.2 Å². The van der Waals surface area contributed by atoms with Crippen molar-refractivity contribution in [2.45, 2.75) is 48.9 Å². The van der Waals surface area contributed by atoms with E-state index in [-0.39, 0.29) is 22.3 Å². The van der Waals surface area contributed by atoms with Gasteiger partial charge in [-0.2, -0.15) is 0 Å². The SMILES string of the molecule is C[C@H](NC(=O)CSc1ccc(C(C)(C)C)cc1)c1ccc(S(N)(=O)=O)cc1. The van der Waals surface area contributed by atoms with Crippen LogP contribution in [0.5, 0.6) is 0 Å². The molecule has 0 aliphatic heterocycles. The van der Waals surface area contributed by atoms with Gasteiger partial charge in [0.15, 0.2) is 0 Å². The second-order valence-corrected chi connectivity index (χ2v) is 10.1. The topological polar surface area (TPSA) is 89.3 Å². The van der Waals surface area contributed by atoms with Crippen LogP contribution < -0.4 is 10.5 Å². The van der Waals surface area contributed by atoms with Crippen molar-refractivity contribution in [3.8, 4) is 0 Å². The Labute approximate surface area is 165 Å². The van der Waals surface area contributed by atoms with E-state index in [1.807, 2.05) is 19.1 Å². The molecule has 0 fully saturated rings. The summed E-state index contributed by atoms with van der Waals surface area (Å²) in [6.07, 6.45) is 0. The molecule has 0 spiro atoms. The number of carbonyl (C=O) groups is 1. The monoisotopic (exact) mass is 406 g/mol. The number of thioether (sulfide) groups is 1. The van der Waals surface area contributed by atoms with Gasteiger partial charge in [-0.1, -0.05) is 45.0 Å². The van der Waals surface area contributed by atoms with Crippen LogP contribution in [0.3, 0.4) is 0 Å². The largest absolute Gasteiger partial charge is 0.349 e. The van der Waals surface area contributed by atoms with Crippen molar-refractivity contribution >= 4 is 27.7 Å². The first-order valence-electron chi connectivity index (χ1n) is 8.62. The second kappa shape index (κ2) is 8.46. The van der Waals surface area contributed by atoms with E-state index in [2.05, 4.69) is 38.2 Å². The van der Waals surface area contributed by atoms with Crippen molar-refractivity contribution in [1.29, 1.82) is 0 Å². The number of hydrogen-bond acceptors (Lipinski definition) is 4. The number of primary sulfonamides is 1. The maximum absolute atomic E-state index is 12.2. The van der Waals surface area contributed by atoms with Crippen molar-refractivity contribution < 1.29 is 13.2 Å². The molecule has 2 aromatic carbocycles. The van der Waals surface area contributed by atoms with E-state index in [4.69, 9.17) is 5.14 Å². The van der Waals surface area contributed by atoms with Crippen molar-refractivity contribution in [1.82, 2.24) is 5.32 Å². The summed E-state index contributed by atoms with van der Waals surface area (Å²) in [5.41, 5.74) is 2.18. The molecule has 1 amide bonds. The zero-order valence-corrected chi connectivity index (χ0v) is 17.7. The molecule has 3 N–H and O–H groups in total. The smallest absolute Gasteiger partial charge is 0.238 e. The van der Waals surface area contributed by atoms with Gasteiger partial charge >= 0.3 is 0 Å². The average molecular weight is 407 g/mol. The number of sulfonamides is 1. The van der Waals surface area contributed by atoms with E-state index in [1.54, 1.807) is 12.1 Å². The van der Waals surface area contributed by atoms with Gasteiger partial charge in [-0.25, -0.2) is 13.6 Å². The van der Waals surface area contributed by atoms with Crippen LogP contribution in [0.15, 0.2) is 58.3 Å². The standard InChI is InChI=1S/C20H26N2O3S2/c1-14(15-5-11-18(12-6-15)27(21,24)25)22-19(23)13-26-17-9-7-16(8-10-17)20(2,3)4/h5-12,14H,13H2,1-4H3,(H,22,23)(H2,21,24,25)/t14-/m0/s1. The molecule has 0 unspecified atom stereocenters. The van der Waals surface area contributed by atoms with Gasteiger partial charge in [0.2, 0.25) is 15.9 Å². The van der Waals surface area contributed by atoms with Gasteiger partial charge in [-0.05, 0) is 47.7 Å². The Morgan fingerprint density at radius 1 is 1.07 bits per heavy atom. The molecule has 2 aromatic rings. The van der Waals surface area contributed by atoms with E-state index in [0.29, 0.717) is 5.75 Å². The lowest BCUT2D eigenvalue weighted by Crippen LogP contribution is -2.28. The molecule has 0 saturated heterocycles. The van der Waals surface area contributed by atoms with E-state index in [1.165, 1.54) is 29.5 Å². The van der Waals surface area contributed by atoms with Crippen LogP contribution >= 0.6 is 11.8 Å². The van der Waals surface area contributed by atoms with Crippen LogP contribution in [0, 0.1) is 0 Å². The fraction of sp³-hybridized carbons (Fsp3) is 0.350. The van der Waals surface area contributed by atoms with Crippen LogP contribution in [-0.2, 0) is 20.2 Å². The maximum Gasteiger partial charge on any atom is 0.238 e. The molecule has 0 heterocycles. The third kappa shape index (κ3) is 6.37. The fourth-order valence-electron chi connectivity index (χ4n) is 2.51. The first-order valence-corrected chi connectivity index (χ1v) is 11.2. The molecule has 7 heteroatoms. The van der Waals surface area contributed by atoms with Gasteiger partial charge in [0.25, 0.3) is 0 Å². The third-order valence-corrected chi connectivity index (χ3v) is 6.12. The number of benzene rings is 2. The average Bonchev–Trinajstić information content (AvgIpc) is 2.59. The molecule has 146 valence electrons. The molecule has 0 saturated carbocycles. The highest BCUT2D eigenvalue weighted by atomic mass is 32.2. The predicted octanol–water partition coefficient (Wildman–Crippen LogP) is 3.60. The van der Waals surface area contributed by atoms with Crippen molar-refractivity contribution in [3.05, 3.63) is 59.7 Å². The Bertz CT molecular complexity index is 884. The minimum atomic E-state index is -3.71. The number of rotatable bonds is 6. The van der Waals surface area contributed by atoms with Gasteiger partial charge < -0.3 is 5.32 Å². The quantitative estimate of drug-likeness (QED) is 0.717. The summed E-state index contributed by atoms with van der Waals surface area (Å²) in [6, 6.07) is 14.2. The van der Waals surface area contributed by atoms with Gasteiger partial charge in [-0.15, -0.1) is 11.8 Å². The Hall–Kier alpha value is -1.83. The lowest BCUT2D eigenvalue weighted by atomic mass is 9.87. The molecule has 27 heavy (non-hydrogen) atoms. The van der Waals surface area contributed by atoms with E-state index in [0.717, 1.165) is 10.5 Å². The van der Waals surface area contributed by atoms with Crippen LogP contribution in [0.25, 0.3) is 0 Å².